The second kappa shape index (κ2) is 10.3. The van der Waals surface area contributed by atoms with Crippen LogP contribution in [0, 0.1) is 5.82 Å². The highest BCUT2D eigenvalue weighted by molar-refractivity contribution is 5.80. The SMILES string of the molecule is CN=C(NCCc1coc(-c2ccc(F)cc2)n1)NC(C)c1cccc(N2CCCC2)c1. The molecule has 4 rings (SSSR count). The van der Waals surface area contributed by atoms with Crippen LogP contribution in [-0.2, 0) is 6.42 Å². The predicted octanol–water partition coefficient (Wildman–Crippen LogP) is 4.55. The van der Waals surface area contributed by atoms with Crippen molar-refractivity contribution in [1.82, 2.24) is 15.6 Å². The van der Waals surface area contributed by atoms with Crippen LogP contribution < -0.4 is 15.5 Å². The first kappa shape index (κ1) is 21.9. The molecular formula is C25H30FN5O. The minimum atomic E-state index is -0.277. The molecule has 7 heteroatoms. The van der Waals surface area contributed by atoms with Crippen LogP contribution in [-0.4, -0.2) is 37.6 Å². The maximum atomic E-state index is 13.1. The predicted molar refractivity (Wildman–Crippen MR) is 126 cm³/mol. The Morgan fingerprint density at radius 2 is 1.97 bits per heavy atom. The van der Waals surface area contributed by atoms with E-state index in [9.17, 15) is 4.39 Å². The van der Waals surface area contributed by atoms with Crippen LogP contribution in [0.25, 0.3) is 11.5 Å². The van der Waals surface area contributed by atoms with Gasteiger partial charge in [-0.2, -0.15) is 0 Å². The highest BCUT2D eigenvalue weighted by atomic mass is 19.1. The van der Waals surface area contributed by atoms with Gasteiger partial charge in [-0.25, -0.2) is 9.37 Å². The highest BCUT2D eigenvalue weighted by Crippen LogP contribution is 2.24. The second-order valence-electron chi connectivity index (χ2n) is 8.06. The fourth-order valence-corrected chi connectivity index (χ4v) is 3.91. The van der Waals surface area contributed by atoms with Crippen molar-refractivity contribution in [2.45, 2.75) is 32.2 Å². The molecule has 1 aliphatic rings. The molecule has 168 valence electrons. The standard InChI is InChI=1S/C25H30FN5O/c1-18(20-6-5-7-23(16-20)31-14-3-4-15-31)29-25(27-2)28-13-12-22-17-32-24(30-22)19-8-10-21(26)11-9-19/h5-11,16-18H,3-4,12-15H2,1-2H3,(H2,27,28,29). The first-order chi connectivity index (χ1) is 15.6. The van der Waals surface area contributed by atoms with Gasteiger partial charge >= 0.3 is 0 Å². The zero-order valence-corrected chi connectivity index (χ0v) is 18.6. The van der Waals surface area contributed by atoms with Crippen molar-refractivity contribution in [2.75, 3.05) is 31.6 Å². The van der Waals surface area contributed by atoms with Crippen LogP contribution in [0.1, 0.15) is 37.1 Å². The third-order valence-corrected chi connectivity index (χ3v) is 5.73. The zero-order chi connectivity index (χ0) is 22.3. The molecule has 0 spiro atoms. The third kappa shape index (κ3) is 5.46. The molecule has 0 saturated carbocycles. The summed E-state index contributed by atoms with van der Waals surface area (Å²) >= 11 is 0. The van der Waals surface area contributed by atoms with E-state index in [-0.39, 0.29) is 11.9 Å². The van der Waals surface area contributed by atoms with E-state index in [4.69, 9.17) is 4.42 Å². The Labute approximate surface area is 188 Å². The molecule has 0 amide bonds. The summed E-state index contributed by atoms with van der Waals surface area (Å²) in [6.45, 7) is 5.08. The zero-order valence-electron chi connectivity index (χ0n) is 18.6. The smallest absolute Gasteiger partial charge is 0.226 e. The summed E-state index contributed by atoms with van der Waals surface area (Å²) in [5.41, 5.74) is 4.11. The minimum Gasteiger partial charge on any atom is -0.444 e. The number of guanidine groups is 1. The molecule has 1 fully saturated rings. The Morgan fingerprint density at radius 1 is 1.19 bits per heavy atom. The van der Waals surface area contributed by atoms with Crippen LogP contribution in [0.3, 0.4) is 0 Å². The molecule has 2 heterocycles. The molecule has 0 bridgehead atoms. The van der Waals surface area contributed by atoms with Gasteiger partial charge in [0.2, 0.25) is 5.89 Å². The van der Waals surface area contributed by atoms with Crippen molar-refractivity contribution in [3.63, 3.8) is 0 Å². The van der Waals surface area contributed by atoms with Gasteiger partial charge in [-0.1, -0.05) is 12.1 Å². The van der Waals surface area contributed by atoms with Gasteiger partial charge in [0.15, 0.2) is 5.96 Å². The fraction of sp³-hybridized carbons (Fsp3) is 0.360. The summed E-state index contributed by atoms with van der Waals surface area (Å²) in [5.74, 6) is 0.959. The lowest BCUT2D eigenvalue weighted by Crippen LogP contribution is -2.39. The molecule has 1 unspecified atom stereocenters. The number of aliphatic imine (C=N–C) groups is 1. The van der Waals surface area contributed by atoms with Crippen LogP contribution in [0.2, 0.25) is 0 Å². The van der Waals surface area contributed by atoms with Crippen molar-refractivity contribution in [3.8, 4) is 11.5 Å². The van der Waals surface area contributed by atoms with Gasteiger partial charge in [-0.05, 0) is 61.7 Å². The molecule has 1 aliphatic heterocycles. The number of nitrogens with one attached hydrogen (secondary N) is 2. The summed E-state index contributed by atoms with van der Waals surface area (Å²) in [7, 11) is 1.77. The molecule has 2 N–H and O–H groups in total. The summed E-state index contributed by atoms with van der Waals surface area (Å²) in [6.07, 6.45) is 4.87. The molecule has 1 saturated heterocycles. The van der Waals surface area contributed by atoms with Gasteiger partial charge in [-0.15, -0.1) is 0 Å². The molecule has 6 nitrogen and oxygen atoms in total. The van der Waals surface area contributed by atoms with E-state index in [1.807, 2.05) is 0 Å². The fourth-order valence-electron chi connectivity index (χ4n) is 3.91. The van der Waals surface area contributed by atoms with E-state index in [0.717, 1.165) is 30.3 Å². The largest absolute Gasteiger partial charge is 0.444 e. The number of nitrogens with zero attached hydrogens (tertiary/aromatic N) is 3. The number of aromatic nitrogens is 1. The number of benzene rings is 2. The molecule has 1 aromatic heterocycles. The average molecular weight is 436 g/mol. The van der Waals surface area contributed by atoms with Gasteiger partial charge in [0.05, 0.1) is 11.7 Å². The first-order valence-electron chi connectivity index (χ1n) is 11.1. The Kier molecular flexibility index (Phi) is 7.04. The van der Waals surface area contributed by atoms with Crippen molar-refractivity contribution in [3.05, 3.63) is 71.9 Å². The molecule has 1 atom stereocenters. The Bertz CT molecular complexity index is 1040. The third-order valence-electron chi connectivity index (χ3n) is 5.73. The van der Waals surface area contributed by atoms with Crippen LogP contribution in [0.5, 0.6) is 0 Å². The maximum Gasteiger partial charge on any atom is 0.226 e. The number of halogens is 1. The van der Waals surface area contributed by atoms with E-state index in [1.54, 1.807) is 25.4 Å². The molecule has 0 radical (unpaired) electrons. The number of anilines is 1. The molecule has 3 aromatic rings. The number of oxazole rings is 1. The summed E-state index contributed by atoms with van der Waals surface area (Å²) in [5, 5.41) is 6.81. The summed E-state index contributed by atoms with van der Waals surface area (Å²) in [4.78, 5) is 11.3. The van der Waals surface area contributed by atoms with Crippen molar-refractivity contribution in [2.24, 2.45) is 4.99 Å². The van der Waals surface area contributed by atoms with Gasteiger partial charge < -0.3 is 20.0 Å². The van der Waals surface area contributed by atoms with E-state index in [0.29, 0.717) is 18.9 Å². The number of rotatable bonds is 7. The van der Waals surface area contributed by atoms with Crippen LogP contribution >= 0.6 is 0 Å². The lowest BCUT2D eigenvalue weighted by molar-refractivity contribution is 0.571. The number of hydrogen-bond acceptors (Lipinski definition) is 4. The average Bonchev–Trinajstić information content (AvgIpc) is 3.52. The highest BCUT2D eigenvalue weighted by Gasteiger charge is 2.14. The molecule has 2 aromatic carbocycles. The van der Waals surface area contributed by atoms with Crippen LogP contribution in [0.4, 0.5) is 10.1 Å². The van der Waals surface area contributed by atoms with Gasteiger partial charge in [0, 0.05) is 44.4 Å². The lowest BCUT2D eigenvalue weighted by atomic mass is 10.1. The monoisotopic (exact) mass is 435 g/mol. The van der Waals surface area contributed by atoms with Crippen molar-refractivity contribution >= 4 is 11.6 Å². The first-order valence-corrected chi connectivity index (χ1v) is 11.1. The quantitative estimate of drug-likeness (QED) is 0.421. The summed E-state index contributed by atoms with van der Waals surface area (Å²) < 4.78 is 18.6. The Morgan fingerprint density at radius 3 is 2.72 bits per heavy atom. The minimum absolute atomic E-state index is 0.126. The second-order valence-corrected chi connectivity index (χ2v) is 8.06. The molecule has 32 heavy (non-hydrogen) atoms. The van der Waals surface area contributed by atoms with Crippen molar-refractivity contribution < 1.29 is 8.81 Å². The van der Waals surface area contributed by atoms with Crippen LogP contribution in [0.15, 0.2) is 64.2 Å². The van der Waals surface area contributed by atoms with Gasteiger partial charge in [-0.3, -0.25) is 4.99 Å². The van der Waals surface area contributed by atoms with Gasteiger partial charge in [0.1, 0.15) is 12.1 Å². The van der Waals surface area contributed by atoms with E-state index < -0.39 is 0 Å². The Balaban J connectivity index is 1.29. The van der Waals surface area contributed by atoms with Crippen molar-refractivity contribution in [1.29, 1.82) is 0 Å². The van der Waals surface area contributed by atoms with E-state index in [1.165, 1.54) is 36.2 Å². The Hall–Kier alpha value is -3.35. The number of hydrogen-bond donors (Lipinski definition) is 2. The molecule has 0 aliphatic carbocycles. The normalized spacial score (nSPS) is 15.1. The topological polar surface area (TPSA) is 65.7 Å². The lowest BCUT2D eigenvalue weighted by Gasteiger charge is -2.22. The maximum absolute atomic E-state index is 13.1. The van der Waals surface area contributed by atoms with E-state index >= 15 is 0 Å². The summed E-state index contributed by atoms with van der Waals surface area (Å²) in [6, 6.07) is 15.0. The van der Waals surface area contributed by atoms with Gasteiger partial charge in [0.25, 0.3) is 0 Å². The van der Waals surface area contributed by atoms with E-state index in [2.05, 4.69) is 56.7 Å². The molecular weight excluding hydrogens is 405 g/mol.